The number of methoxy groups -OCH3 is 1. The summed E-state index contributed by atoms with van der Waals surface area (Å²) in [5.74, 6) is -0.847. The van der Waals surface area contributed by atoms with E-state index in [4.69, 9.17) is 4.74 Å². The molecule has 1 rings (SSSR count). The highest BCUT2D eigenvalue weighted by Gasteiger charge is 2.40. The third kappa shape index (κ3) is 5.85. The molecular weight excluding hydrogens is 507 g/mol. The Labute approximate surface area is 170 Å². The zero-order chi connectivity index (χ0) is 20.4. The van der Waals surface area contributed by atoms with E-state index in [1.54, 1.807) is 20.8 Å². The highest BCUT2D eigenvalue weighted by molar-refractivity contribution is 9.13. The van der Waals surface area contributed by atoms with Gasteiger partial charge in [0.05, 0.1) is 10.9 Å². The number of hydrogen-bond donors (Lipinski definition) is 0. The van der Waals surface area contributed by atoms with E-state index in [0.29, 0.717) is 11.3 Å². The maximum absolute atomic E-state index is 13.3. The number of nitrogens with zero attached hydrogens (tertiary/aromatic N) is 1. The van der Waals surface area contributed by atoms with Crippen LogP contribution in [0.5, 0.6) is 0 Å². The molecule has 0 aliphatic heterocycles. The molecule has 0 fully saturated rings. The Kier molecular flexibility index (Phi) is 7.57. The maximum atomic E-state index is 13.3. The number of halogens is 5. The van der Waals surface area contributed by atoms with E-state index in [-0.39, 0.29) is 20.2 Å². The minimum Gasteiger partial charge on any atom is -0.467 e. The lowest BCUT2D eigenvalue weighted by atomic mass is 10.1. The summed E-state index contributed by atoms with van der Waals surface area (Å²) >= 11 is 6.66. The normalized spacial score (nSPS) is 13.3. The largest absolute Gasteiger partial charge is 0.467 e. The molecule has 1 amide bonds. The van der Waals surface area contributed by atoms with E-state index in [9.17, 15) is 22.8 Å². The topological polar surface area (TPSA) is 55.8 Å². The average molecular weight is 525 g/mol. The molecule has 1 atom stereocenters. The number of alkyl halides is 3. The Bertz CT molecular complexity index is 686. The van der Waals surface area contributed by atoms with E-state index in [1.165, 1.54) is 7.05 Å². The van der Waals surface area contributed by atoms with Crippen molar-refractivity contribution in [1.82, 2.24) is 4.90 Å². The average Bonchev–Trinajstić information content (AvgIpc) is 2.77. The summed E-state index contributed by atoms with van der Waals surface area (Å²) < 4.78 is 50.2. The molecule has 0 radical (unpaired) electrons. The second-order valence-corrected chi connectivity index (χ2v) is 9.46. The van der Waals surface area contributed by atoms with Gasteiger partial charge in [0.25, 0.3) is 0 Å². The molecule has 1 aromatic rings. The first-order valence-electron chi connectivity index (χ1n) is 7.26. The smallest absolute Gasteiger partial charge is 0.425 e. The van der Waals surface area contributed by atoms with Crippen LogP contribution in [0.4, 0.5) is 18.0 Å². The molecule has 1 aromatic heterocycles. The van der Waals surface area contributed by atoms with E-state index in [2.05, 4.69) is 36.6 Å². The Morgan fingerprint density at radius 1 is 1.23 bits per heavy atom. The van der Waals surface area contributed by atoms with E-state index in [0.717, 1.165) is 12.0 Å². The third-order valence-electron chi connectivity index (χ3n) is 3.18. The van der Waals surface area contributed by atoms with Crippen molar-refractivity contribution in [3.05, 3.63) is 18.7 Å². The van der Waals surface area contributed by atoms with Crippen molar-refractivity contribution in [3.63, 3.8) is 0 Å². The van der Waals surface area contributed by atoms with Gasteiger partial charge in [-0.2, -0.15) is 13.2 Å². The van der Waals surface area contributed by atoms with Crippen LogP contribution in [0.1, 0.15) is 31.2 Å². The highest BCUT2D eigenvalue weighted by Crippen LogP contribution is 2.46. The minimum absolute atomic E-state index is 0.139. The number of hydrogen-bond acceptors (Lipinski definition) is 5. The van der Waals surface area contributed by atoms with Gasteiger partial charge in [0, 0.05) is 17.9 Å². The summed E-state index contributed by atoms with van der Waals surface area (Å²) in [6.45, 7) is 4.92. The fourth-order valence-electron chi connectivity index (χ4n) is 1.99. The van der Waals surface area contributed by atoms with Crippen LogP contribution in [-0.2, 0) is 26.9 Å². The lowest BCUT2D eigenvalue weighted by Crippen LogP contribution is -2.46. The lowest BCUT2D eigenvalue weighted by molar-refractivity contribution is -0.146. The number of thiophene rings is 1. The van der Waals surface area contributed by atoms with Crippen molar-refractivity contribution in [3.8, 4) is 0 Å². The SMILES string of the molecule is COC(=O)C(Cc1c(C(F)(F)F)sc(Br)c1Br)N(C)C(=O)OC(C)(C)C. The molecule has 0 bridgehead atoms. The highest BCUT2D eigenvalue weighted by atomic mass is 79.9. The molecule has 0 saturated heterocycles. The predicted molar refractivity (Wildman–Crippen MR) is 98.2 cm³/mol. The van der Waals surface area contributed by atoms with E-state index >= 15 is 0 Å². The summed E-state index contributed by atoms with van der Waals surface area (Å²) in [6.07, 6.45) is -5.83. The molecule has 0 N–H and O–H groups in total. The van der Waals surface area contributed by atoms with Gasteiger partial charge in [0.2, 0.25) is 0 Å². The second kappa shape index (κ2) is 8.47. The number of carbonyl (C=O) groups is 2. The Morgan fingerprint density at radius 2 is 1.77 bits per heavy atom. The van der Waals surface area contributed by atoms with Crippen molar-refractivity contribution in [1.29, 1.82) is 0 Å². The molecule has 1 unspecified atom stereocenters. The Morgan fingerprint density at radius 3 is 2.19 bits per heavy atom. The lowest BCUT2D eigenvalue weighted by Gasteiger charge is -2.29. The summed E-state index contributed by atoms with van der Waals surface area (Å²) in [5, 5.41) is 0. The van der Waals surface area contributed by atoms with Crippen molar-refractivity contribution < 1.29 is 32.2 Å². The molecule has 0 spiro atoms. The van der Waals surface area contributed by atoms with Crippen molar-refractivity contribution in [2.75, 3.05) is 14.2 Å². The monoisotopic (exact) mass is 523 g/mol. The molecule has 0 aromatic carbocycles. The summed E-state index contributed by atoms with van der Waals surface area (Å²) in [7, 11) is 2.37. The predicted octanol–water partition coefficient (Wildman–Crippen LogP) is 5.24. The summed E-state index contributed by atoms with van der Waals surface area (Å²) in [4.78, 5) is 24.4. The van der Waals surface area contributed by atoms with Crippen molar-refractivity contribution >= 4 is 55.3 Å². The molecule has 1 heterocycles. The van der Waals surface area contributed by atoms with Gasteiger partial charge in [-0.25, -0.2) is 9.59 Å². The Balaban J connectivity index is 3.26. The maximum Gasteiger partial charge on any atom is 0.425 e. The van der Waals surface area contributed by atoms with Gasteiger partial charge in [0.1, 0.15) is 16.5 Å². The fraction of sp³-hybridized carbons (Fsp3) is 0.600. The molecule has 0 aliphatic carbocycles. The third-order valence-corrected chi connectivity index (χ3v) is 6.80. The van der Waals surface area contributed by atoms with Crippen LogP contribution in [0.25, 0.3) is 0 Å². The van der Waals surface area contributed by atoms with Crippen LogP contribution in [0, 0.1) is 0 Å². The van der Waals surface area contributed by atoms with Crippen LogP contribution < -0.4 is 0 Å². The van der Waals surface area contributed by atoms with Gasteiger partial charge in [-0.3, -0.25) is 4.90 Å². The molecule has 0 saturated carbocycles. The minimum atomic E-state index is -4.60. The van der Waals surface area contributed by atoms with Gasteiger partial charge in [-0.15, -0.1) is 11.3 Å². The number of esters is 1. The van der Waals surface area contributed by atoms with Crippen LogP contribution in [-0.4, -0.2) is 42.8 Å². The van der Waals surface area contributed by atoms with E-state index in [1.807, 2.05) is 0 Å². The molecular formula is C15H18Br2F3NO4S. The first-order valence-corrected chi connectivity index (χ1v) is 9.66. The molecule has 11 heteroatoms. The number of ether oxygens (including phenoxy) is 2. The molecule has 148 valence electrons. The van der Waals surface area contributed by atoms with Gasteiger partial charge >= 0.3 is 18.2 Å². The van der Waals surface area contributed by atoms with Gasteiger partial charge in [-0.05, 0) is 58.2 Å². The summed E-state index contributed by atoms with van der Waals surface area (Å²) in [5.41, 5.74) is -0.963. The van der Waals surface area contributed by atoms with Crippen LogP contribution in [0.15, 0.2) is 8.26 Å². The summed E-state index contributed by atoms with van der Waals surface area (Å²) in [6, 6.07) is -1.28. The van der Waals surface area contributed by atoms with Crippen LogP contribution >= 0.6 is 43.2 Å². The van der Waals surface area contributed by atoms with Gasteiger partial charge in [-0.1, -0.05) is 0 Å². The quantitative estimate of drug-likeness (QED) is 0.505. The van der Waals surface area contributed by atoms with Crippen molar-refractivity contribution in [2.24, 2.45) is 0 Å². The van der Waals surface area contributed by atoms with Crippen LogP contribution in [0.2, 0.25) is 0 Å². The molecule has 26 heavy (non-hydrogen) atoms. The van der Waals surface area contributed by atoms with Crippen molar-refractivity contribution in [2.45, 2.75) is 45.0 Å². The number of carbonyl (C=O) groups excluding carboxylic acids is 2. The Hall–Kier alpha value is -0.810. The molecule has 0 aliphatic rings. The second-order valence-electron chi connectivity index (χ2n) is 6.33. The zero-order valence-electron chi connectivity index (χ0n) is 14.7. The number of rotatable bonds is 4. The zero-order valence-corrected chi connectivity index (χ0v) is 18.7. The number of likely N-dealkylation sites (N-methyl/N-ethyl adjacent to an activating group) is 1. The first-order chi connectivity index (χ1) is 11.7. The first kappa shape index (κ1) is 23.2. The van der Waals surface area contributed by atoms with E-state index < -0.39 is 34.8 Å². The standard InChI is InChI=1S/C15H18Br2F3NO4S/c1-14(2,3)25-13(23)21(4)8(12(22)24-5)6-7-9(16)11(17)26-10(7)15(18,19)20/h8H,6H2,1-5H3. The van der Waals surface area contributed by atoms with Crippen LogP contribution in [0.3, 0.4) is 0 Å². The van der Waals surface area contributed by atoms with Gasteiger partial charge < -0.3 is 9.47 Å². The number of amides is 1. The van der Waals surface area contributed by atoms with Gasteiger partial charge in [0.15, 0.2) is 0 Å². The molecule has 5 nitrogen and oxygen atoms in total. The fourth-order valence-corrected chi connectivity index (χ4v) is 4.27.